The van der Waals surface area contributed by atoms with E-state index >= 15 is 0 Å². The van der Waals surface area contributed by atoms with E-state index in [0.29, 0.717) is 18.0 Å². The predicted octanol–water partition coefficient (Wildman–Crippen LogP) is 3.78. The Morgan fingerprint density at radius 2 is 2.08 bits per heavy atom. The summed E-state index contributed by atoms with van der Waals surface area (Å²) in [6, 6.07) is 7.91. The average Bonchev–Trinajstić information content (AvgIpc) is 3.09. The Kier molecular flexibility index (Phi) is 5.08. The molecule has 2 aromatic rings. The van der Waals surface area contributed by atoms with E-state index in [9.17, 15) is 9.18 Å². The SMILES string of the molecule is Cc1ccc(F)cc1C(=O)NCc1ccc(OC2CCCC2)nc1. The largest absolute Gasteiger partial charge is 0.474 e. The van der Waals surface area contributed by atoms with Crippen molar-refractivity contribution in [2.45, 2.75) is 45.3 Å². The van der Waals surface area contributed by atoms with Crippen LogP contribution in [0.15, 0.2) is 36.5 Å². The molecule has 0 saturated heterocycles. The lowest BCUT2D eigenvalue weighted by Gasteiger charge is -2.12. The third-order valence-corrected chi connectivity index (χ3v) is 4.28. The van der Waals surface area contributed by atoms with Crippen LogP contribution in [-0.2, 0) is 6.54 Å². The fourth-order valence-corrected chi connectivity index (χ4v) is 2.88. The molecule has 3 rings (SSSR count). The summed E-state index contributed by atoms with van der Waals surface area (Å²) >= 11 is 0. The predicted molar refractivity (Wildman–Crippen MR) is 89.4 cm³/mol. The van der Waals surface area contributed by atoms with Crippen molar-refractivity contribution in [3.63, 3.8) is 0 Å². The molecule has 0 unspecified atom stereocenters. The number of benzene rings is 1. The Balaban J connectivity index is 1.56. The fourth-order valence-electron chi connectivity index (χ4n) is 2.88. The highest BCUT2D eigenvalue weighted by Gasteiger charge is 2.17. The van der Waals surface area contributed by atoms with Crippen LogP contribution in [0.3, 0.4) is 0 Å². The topological polar surface area (TPSA) is 51.2 Å². The highest BCUT2D eigenvalue weighted by molar-refractivity contribution is 5.95. The van der Waals surface area contributed by atoms with E-state index in [-0.39, 0.29) is 12.0 Å². The molecule has 1 aliphatic carbocycles. The van der Waals surface area contributed by atoms with E-state index in [1.165, 1.54) is 25.0 Å². The minimum Gasteiger partial charge on any atom is -0.474 e. The molecule has 0 radical (unpaired) electrons. The Labute approximate surface area is 141 Å². The van der Waals surface area contributed by atoms with E-state index in [1.807, 2.05) is 12.1 Å². The lowest BCUT2D eigenvalue weighted by molar-refractivity contribution is 0.0950. The molecule has 0 aliphatic heterocycles. The number of aromatic nitrogens is 1. The van der Waals surface area contributed by atoms with Gasteiger partial charge in [-0.3, -0.25) is 4.79 Å². The second-order valence-corrected chi connectivity index (χ2v) is 6.17. The van der Waals surface area contributed by atoms with Crippen molar-refractivity contribution in [3.05, 3.63) is 59.0 Å². The van der Waals surface area contributed by atoms with Crippen LogP contribution in [0.5, 0.6) is 5.88 Å². The fraction of sp³-hybridized carbons (Fsp3) is 0.368. The van der Waals surface area contributed by atoms with Gasteiger partial charge in [-0.15, -0.1) is 0 Å². The molecule has 24 heavy (non-hydrogen) atoms. The molecule has 1 N–H and O–H groups in total. The summed E-state index contributed by atoms with van der Waals surface area (Å²) in [6.07, 6.45) is 6.59. The van der Waals surface area contributed by atoms with Gasteiger partial charge in [0.2, 0.25) is 5.88 Å². The molecule has 126 valence electrons. The highest BCUT2D eigenvalue weighted by Crippen LogP contribution is 2.22. The summed E-state index contributed by atoms with van der Waals surface area (Å²) in [7, 11) is 0. The summed E-state index contributed by atoms with van der Waals surface area (Å²) in [6.45, 7) is 2.12. The molecule has 1 aromatic carbocycles. The number of rotatable bonds is 5. The number of hydrogen-bond donors (Lipinski definition) is 1. The number of pyridine rings is 1. The van der Waals surface area contributed by atoms with Crippen LogP contribution in [0.25, 0.3) is 0 Å². The van der Waals surface area contributed by atoms with Crippen molar-refractivity contribution in [3.8, 4) is 5.88 Å². The van der Waals surface area contributed by atoms with Gasteiger partial charge in [0, 0.05) is 24.4 Å². The maximum Gasteiger partial charge on any atom is 0.251 e. The minimum atomic E-state index is -0.416. The maximum atomic E-state index is 13.3. The quantitative estimate of drug-likeness (QED) is 0.909. The first-order valence-electron chi connectivity index (χ1n) is 8.28. The van der Waals surface area contributed by atoms with E-state index in [0.717, 1.165) is 24.0 Å². The summed E-state index contributed by atoms with van der Waals surface area (Å²) in [5, 5.41) is 2.79. The number of ether oxygens (including phenoxy) is 1. The molecular formula is C19H21FN2O2. The number of carbonyl (C=O) groups excluding carboxylic acids is 1. The van der Waals surface area contributed by atoms with Crippen molar-refractivity contribution in [1.29, 1.82) is 0 Å². The van der Waals surface area contributed by atoms with Crippen molar-refractivity contribution in [1.82, 2.24) is 10.3 Å². The zero-order valence-corrected chi connectivity index (χ0v) is 13.7. The van der Waals surface area contributed by atoms with Crippen LogP contribution in [0.4, 0.5) is 4.39 Å². The molecule has 0 atom stereocenters. The number of hydrogen-bond acceptors (Lipinski definition) is 3. The zero-order chi connectivity index (χ0) is 16.9. The van der Waals surface area contributed by atoms with Crippen LogP contribution in [0, 0.1) is 12.7 Å². The van der Waals surface area contributed by atoms with Gasteiger partial charge in [-0.2, -0.15) is 0 Å². The Hall–Kier alpha value is -2.43. The van der Waals surface area contributed by atoms with Gasteiger partial charge in [0.25, 0.3) is 5.91 Å². The first-order chi connectivity index (χ1) is 11.6. The lowest BCUT2D eigenvalue weighted by atomic mass is 10.1. The van der Waals surface area contributed by atoms with Gasteiger partial charge in [-0.25, -0.2) is 9.37 Å². The van der Waals surface area contributed by atoms with Gasteiger partial charge in [-0.1, -0.05) is 12.1 Å². The number of amides is 1. The third kappa shape index (κ3) is 4.10. The molecule has 0 spiro atoms. The van der Waals surface area contributed by atoms with Crippen LogP contribution >= 0.6 is 0 Å². The summed E-state index contributed by atoms with van der Waals surface area (Å²) in [5.41, 5.74) is 1.97. The zero-order valence-electron chi connectivity index (χ0n) is 13.7. The molecule has 1 aliphatic rings. The molecule has 1 fully saturated rings. The van der Waals surface area contributed by atoms with E-state index in [4.69, 9.17) is 4.74 Å². The van der Waals surface area contributed by atoms with Crippen molar-refractivity contribution < 1.29 is 13.9 Å². The van der Waals surface area contributed by atoms with Gasteiger partial charge < -0.3 is 10.1 Å². The molecule has 1 aromatic heterocycles. The molecule has 1 heterocycles. The van der Waals surface area contributed by atoms with Crippen molar-refractivity contribution in [2.75, 3.05) is 0 Å². The standard InChI is InChI=1S/C19H21FN2O2/c1-13-6-8-15(20)10-17(13)19(23)22-12-14-7-9-18(21-11-14)24-16-4-2-3-5-16/h6-11,16H,2-5,12H2,1H3,(H,22,23). The first-order valence-corrected chi connectivity index (χ1v) is 8.28. The van der Waals surface area contributed by atoms with Gasteiger partial charge in [0.05, 0.1) is 0 Å². The van der Waals surface area contributed by atoms with Crippen LogP contribution in [0.2, 0.25) is 0 Å². The van der Waals surface area contributed by atoms with Crippen LogP contribution in [0.1, 0.15) is 47.2 Å². The Morgan fingerprint density at radius 3 is 2.79 bits per heavy atom. The van der Waals surface area contributed by atoms with Gasteiger partial charge in [0.1, 0.15) is 11.9 Å². The molecule has 5 heteroatoms. The van der Waals surface area contributed by atoms with Crippen LogP contribution < -0.4 is 10.1 Å². The van der Waals surface area contributed by atoms with Gasteiger partial charge >= 0.3 is 0 Å². The molecule has 1 saturated carbocycles. The number of nitrogens with zero attached hydrogens (tertiary/aromatic N) is 1. The molecule has 1 amide bonds. The smallest absolute Gasteiger partial charge is 0.251 e. The summed E-state index contributed by atoms with van der Waals surface area (Å²) in [5.74, 6) is -0.0861. The lowest BCUT2D eigenvalue weighted by Crippen LogP contribution is -2.23. The van der Waals surface area contributed by atoms with Crippen LogP contribution in [-0.4, -0.2) is 17.0 Å². The highest BCUT2D eigenvalue weighted by atomic mass is 19.1. The van der Waals surface area contributed by atoms with Gasteiger partial charge in [0.15, 0.2) is 0 Å². The molecular weight excluding hydrogens is 307 g/mol. The Bertz CT molecular complexity index is 710. The number of halogens is 1. The second kappa shape index (κ2) is 7.43. The summed E-state index contributed by atoms with van der Waals surface area (Å²) < 4.78 is 19.1. The first kappa shape index (κ1) is 16.4. The molecule has 4 nitrogen and oxygen atoms in total. The van der Waals surface area contributed by atoms with E-state index in [2.05, 4.69) is 10.3 Å². The third-order valence-electron chi connectivity index (χ3n) is 4.28. The Morgan fingerprint density at radius 1 is 1.29 bits per heavy atom. The number of nitrogens with one attached hydrogen (secondary N) is 1. The van der Waals surface area contributed by atoms with Crippen molar-refractivity contribution in [2.24, 2.45) is 0 Å². The average molecular weight is 328 g/mol. The molecule has 0 bridgehead atoms. The minimum absolute atomic E-state index is 0.277. The summed E-state index contributed by atoms with van der Waals surface area (Å²) in [4.78, 5) is 16.5. The number of aryl methyl sites for hydroxylation is 1. The second-order valence-electron chi connectivity index (χ2n) is 6.17. The maximum absolute atomic E-state index is 13.3. The van der Waals surface area contributed by atoms with Crippen molar-refractivity contribution >= 4 is 5.91 Å². The van der Waals surface area contributed by atoms with E-state index < -0.39 is 5.82 Å². The monoisotopic (exact) mass is 328 g/mol. The van der Waals surface area contributed by atoms with E-state index in [1.54, 1.807) is 19.2 Å². The number of carbonyl (C=O) groups is 1. The normalized spacial score (nSPS) is 14.6. The van der Waals surface area contributed by atoms with Gasteiger partial charge in [-0.05, 0) is 55.9 Å².